The standard InChI is InChI=1S/C19H11N3O3S3/c1-26-19-21-12-7-6-11-14(15(12)28-19)27-18(20-11)22-16(23)10-8-9-4-2-3-5-13(9)25-17(10)24/h2-8H,1H3,(H,20,22,23). The van der Waals surface area contributed by atoms with Crippen molar-refractivity contribution in [3.05, 3.63) is 58.4 Å². The summed E-state index contributed by atoms with van der Waals surface area (Å²) in [5.74, 6) is -0.538. The molecule has 1 amide bonds. The minimum Gasteiger partial charge on any atom is -0.422 e. The van der Waals surface area contributed by atoms with Crippen molar-refractivity contribution in [3.63, 3.8) is 0 Å². The number of para-hydroxylation sites is 1. The fourth-order valence-electron chi connectivity index (χ4n) is 2.88. The number of anilines is 1. The number of nitrogens with zero attached hydrogens (tertiary/aromatic N) is 2. The second-order valence-corrected chi connectivity index (χ2v) is 8.96. The first-order valence-corrected chi connectivity index (χ1v) is 11.1. The average Bonchev–Trinajstić information content (AvgIpc) is 3.30. The van der Waals surface area contributed by atoms with Gasteiger partial charge in [0.05, 0.1) is 20.4 Å². The van der Waals surface area contributed by atoms with E-state index < -0.39 is 11.5 Å². The van der Waals surface area contributed by atoms with E-state index in [0.29, 0.717) is 16.1 Å². The smallest absolute Gasteiger partial charge is 0.349 e. The largest absolute Gasteiger partial charge is 0.422 e. The first-order valence-electron chi connectivity index (χ1n) is 8.21. The van der Waals surface area contributed by atoms with Crippen LogP contribution < -0.4 is 10.9 Å². The predicted molar refractivity (Wildman–Crippen MR) is 115 cm³/mol. The lowest BCUT2D eigenvalue weighted by Gasteiger charge is -2.02. The van der Waals surface area contributed by atoms with E-state index in [4.69, 9.17) is 4.42 Å². The molecule has 0 radical (unpaired) electrons. The van der Waals surface area contributed by atoms with Crippen LogP contribution >= 0.6 is 34.4 Å². The van der Waals surface area contributed by atoms with Crippen LogP contribution in [0.15, 0.2) is 56.0 Å². The Labute approximate surface area is 170 Å². The third kappa shape index (κ3) is 2.88. The van der Waals surface area contributed by atoms with Gasteiger partial charge in [0.2, 0.25) is 0 Å². The Hall–Kier alpha value is -2.75. The van der Waals surface area contributed by atoms with Gasteiger partial charge in [0.1, 0.15) is 11.1 Å². The van der Waals surface area contributed by atoms with E-state index in [9.17, 15) is 9.59 Å². The van der Waals surface area contributed by atoms with Crippen LogP contribution in [0.25, 0.3) is 31.4 Å². The lowest BCUT2D eigenvalue weighted by Crippen LogP contribution is -2.20. The molecular formula is C19H11N3O3S3. The molecule has 0 saturated carbocycles. The number of amides is 1. The summed E-state index contributed by atoms with van der Waals surface area (Å²) in [5.41, 5.74) is 1.42. The fourth-order valence-corrected chi connectivity index (χ4v) is 5.53. The minimum atomic E-state index is -0.674. The van der Waals surface area contributed by atoms with Gasteiger partial charge in [-0.25, -0.2) is 14.8 Å². The number of benzene rings is 2. The Balaban J connectivity index is 1.53. The molecule has 0 atom stereocenters. The molecular weight excluding hydrogens is 414 g/mol. The van der Waals surface area contributed by atoms with Crippen LogP contribution in [0, 0.1) is 0 Å². The second-order valence-electron chi connectivity index (χ2n) is 5.90. The molecule has 0 unspecified atom stereocenters. The Bertz CT molecular complexity index is 1430. The van der Waals surface area contributed by atoms with E-state index in [2.05, 4.69) is 15.3 Å². The number of fused-ring (bicyclic) bond motifs is 4. The van der Waals surface area contributed by atoms with Gasteiger partial charge >= 0.3 is 5.63 Å². The highest BCUT2D eigenvalue weighted by Gasteiger charge is 2.17. The molecule has 0 saturated heterocycles. The molecule has 1 N–H and O–H groups in total. The Morgan fingerprint density at radius 3 is 2.64 bits per heavy atom. The normalized spacial score (nSPS) is 11.5. The molecule has 0 bridgehead atoms. The molecule has 3 heterocycles. The first kappa shape index (κ1) is 17.4. The number of hydrogen-bond acceptors (Lipinski definition) is 8. The van der Waals surface area contributed by atoms with Crippen molar-refractivity contribution in [2.45, 2.75) is 4.34 Å². The van der Waals surface area contributed by atoms with Gasteiger partial charge in [-0.15, -0.1) is 11.3 Å². The highest BCUT2D eigenvalue weighted by Crippen LogP contribution is 2.38. The predicted octanol–water partition coefficient (Wildman–Crippen LogP) is 4.99. The molecule has 0 aliphatic heterocycles. The summed E-state index contributed by atoms with van der Waals surface area (Å²) >= 11 is 4.57. The van der Waals surface area contributed by atoms with E-state index in [1.807, 2.05) is 24.5 Å². The maximum absolute atomic E-state index is 12.7. The Kier molecular flexibility index (Phi) is 4.15. The number of aromatic nitrogens is 2. The molecule has 3 aromatic heterocycles. The fraction of sp³-hybridized carbons (Fsp3) is 0.0526. The molecule has 5 rings (SSSR count). The van der Waals surface area contributed by atoms with Crippen LogP contribution in [0.2, 0.25) is 0 Å². The topological polar surface area (TPSA) is 85.1 Å². The summed E-state index contributed by atoms with van der Waals surface area (Å²) < 4.78 is 8.24. The third-order valence-corrected chi connectivity index (χ3v) is 7.38. The second kappa shape index (κ2) is 6.69. The lowest BCUT2D eigenvalue weighted by molar-refractivity contribution is 0.102. The van der Waals surface area contributed by atoms with Crippen LogP contribution in [0.1, 0.15) is 10.4 Å². The molecule has 0 fully saturated rings. The van der Waals surface area contributed by atoms with Crippen LogP contribution in [-0.4, -0.2) is 22.1 Å². The summed E-state index contributed by atoms with van der Waals surface area (Å²) in [6, 6.07) is 12.4. The first-order chi connectivity index (χ1) is 13.6. The van der Waals surface area contributed by atoms with Crippen molar-refractivity contribution < 1.29 is 9.21 Å². The summed E-state index contributed by atoms with van der Waals surface area (Å²) in [5, 5.41) is 3.84. The SMILES string of the molecule is CSc1nc2ccc3nc(NC(=O)c4cc5ccccc5oc4=O)sc3c2s1. The van der Waals surface area contributed by atoms with Gasteiger partial charge in [-0.2, -0.15) is 0 Å². The number of thioether (sulfide) groups is 1. The summed E-state index contributed by atoms with van der Waals surface area (Å²) in [7, 11) is 0. The molecule has 0 aliphatic carbocycles. The van der Waals surface area contributed by atoms with Gasteiger partial charge < -0.3 is 4.42 Å². The maximum Gasteiger partial charge on any atom is 0.349 e. The van der Waals surface area contributed by atoms with Gasteiger partial charge in [-0.1, -0.05) is 41.3 Å². The van der Waals surface area contributed by atoms with Gasteiger partial charge in [0.25, 0.3) is 5.91 Å². The maximum atomic E-state index is 12.7. The Morgan fingerprint density at radius 2 is 1.82 bits per heavy atom. The van der Waals surface area contributed by atoms with Gasteiger partial charge in [-0.3, -0.25) is 10.1 Å². The number of nitrogens with one attached hydrogen (secondary N) is 1. The molecule has 5 aromatic rings. The number of rotatable bonds is 3. The molecule has 28 heavy (non-hydrogen) atoms. The number of hydrogen-bond donors (Lipinski definition) is 1. The Morgan fingerprint density at radius 1 is 1.07 bits per heavy atom. The molecule has 2 aromatic carbocycles. The van der Waals surface area contributed by atoms with E-state index in [0.717, 1.165) is 24.8 Å². The summed E-state index contributed by atoms with van der Waals surface area (Å²) in [6.45, 7) is 0. The van der Waals surface area contributed by atoms with Crippen molar-refractivity contribution in [2.24, 2.45) is 0 Å². The highest BCUT2D eigenvalue weighted by atomic mass is 32.2. The van der Waals surface area contributed by atoms with E-state index in [-0.39, 0.29) is 5.56 Å². The number of carbonyl (C=O) groups is 1. The van der Waals surface area contributed by atoms with Crippen molar-refractivity contribution in [1.29, 1.82) is 0 Å². The highest BCUT2D eigenvalue weighted by molar-refractivity contribution is 8.00. The van der Waals surface area contributed by atoms with Crippen molar-refractivity contribution in [3.8, 4) is 0 Å². The zero-order valence-electron chi connectivity index (χ0n) is 14.4. The zero-order chi connectivity index (χ0) is 19.3. The van der Waals surface area contributed by atoms with E-state index >= 15 is 0 Å². The van der Waals surface area contributed by atoms with E-state index in [1.54, 1.807) is 41.3 Å². The quantitative estimate of drug-likeness (QED) is 0.324. The summed E-state index contributed by atoms with van der Waals surface area (Å²) in [6.07, 6.45) is 1.99. The molecule has 0 aliphatic rings. The number of carbonyl (C=O) groups excluding carboxylic acids is 1. The van der Waals surface area contributed by atoms with Gasteiger partial charge in [-0.05, 0) is 30.5 Å². The monoisotopic (exact) mass is 425 g/mol. The van der Waals surface area contributed by atoms with Crippen LogP contribution in [-0.2, 0) is 0 Å². The molecule has 138 valence electrons. The van der Waals surface area contributed by atoms with Crippen molar-refractivity contribution in [1.82, 2.24) is 9.97 Å². The van der Waals surface area contributed by atoms with Crippen LogP contribution in [0.5, 0.6) is 0 Å². The minimum absolute atomic E-state index is 0.0504. The lowest BCUT2D eigenvalue weighted by atomic mass is 10.2. The van der Waals surface area contributed by atoms with Crippen LogP contribution in [0.4, 0.5) is 5.13 Å². The van der Waals surface area contributed by atoms with Crippen LogP contribution in [0.3, 0.4) is 0 Å². The zero-order valence-corrected chi connectivity index (χ0v) is 16.8. The molecule has 0 spiro atoms. The summed E-state index contributed by atoms with van der Waals surface area (Å²) in [4.78, 5) is 33.9. The van der Waals surface area contributed by atoms with Crippen molar-refractivity contribution >= 4 is 76.9 Å². The van der Waals surface area contributed by atoms with Gasteiger partial charge in [0.15, 0.2) is 9.47 Å². The van der Waals surface area contributed by atoms with Crippen molar-refractivity contribution in [2.75, 3.05) is 11.6 Å². The third-order valence-electron chi connectivity index (χ3n) is 4.17. The molecule has 6 nitrogen and oxygen atoms in total. The number of thiazole rings is 2. The van der Waals surface area contributed by atoms with Gasteiger partial charge in [0, 0.05) is 5.39 Å². The van der Waals surface area contributed by atoms with E-state index in [1.165, 1.54) is 17.4 Å². The molecule has 9 heteroatoms. The average molecular weight is 426 g/mol.